The van der Waals surface area contributed by atoms with E-state index in [2.05, 4.69) is 0 Å². The van der Waals surface area contributed by atoms with Crippen LogP contribution in [0.4, 0.5) is 0 Å². The smallest absolute Gasteiger partial charge is 0.243 e. The van der Waals surface area contributed by atoms with Crippen LogP contribution < -0.4 is 0 Å². The minimum absolute atomic E-state index is 0.143. The Kier molecular flexibility index (Phi) is 6.07. The van der Waals surface area contributed by atoms with Gasteiger partial charge in [0.25, 0.3) is 0 Å². The molecule has 138 valence electrons. The van der Waals surface area contributed by atoms with Crippen molar-refractivity contribution < 1.29 is 13.2 Å². The van der Waals surface area contributed by atoms with E-state index in [0.717, 1.165) is 5.56 Å². The standard InChI is InChI=1S/C18H26N2O3S2/c1-15-6-8-17(9-7-15)25(22,23)20-12-10-19(11-13-20)18(21)14-24-16-4-2-3-5-16/h6-9,16H,2-5,10-14H2,1H3. The summed E-state index contributed by atoms with van der Waals surface area (Å²) in [6.07, 6.45) is 5.00. The molecule has 0 bridgehead atoms. The van der Waals surface area contributed by atoms with E-state index < -0.39 is 10.0 Å². The van der Waals surface area contributed by atoms with Gasteiger partial charge in [-0.25, -0.2) is 8.42 Å². The third kappa shape index (κ3) is 4.57. The normalized spacial score (nSPS) is 20.1. The molecule has 1 heterocycles. The number of thioether (sulfide) groups is 1. The van der Waals surface area contributed by atoms with Gasteiger partial charge in [-0.1, -0.05) is 30.5 Å². The van der Waals surface area contributed by atoms with Gasteiger partial charge in [0, 0.05) is 31.4 Å². The van der Waals surface area contributed by atoms with Gasteiger partial charge in [-0.15, -0.1) is 11.8 Å². The molecule has 0 unspecified atom stereocenters. The first kappa shape index (κ1) is 18.7. The predicted molar refractivity (Wildman–Crippen MR) is 101 cm³/mol. The van der Waals surface area contributed by atoms with Crippen LogP contribution in [0.1, 0.15) is 31.2 Å². The van der Waals surface area contributed by atoms with E-state index in [1.54, 1.807) is 23.9 Å². The number of amides is 1. The maximum Gasteiger partial charge on any atom is 0.243 e. The summed E-state index contributed by atoms with van der Waals surface area (Å²) in [4.78, 5) is 14.5. The van der Waals surface area contributed by atoms with E-state index in [-0.39, 0.29) is 5.91 Å². The molecular formula is C18H26N2O3S2. The first-order chi connectivity index (χ1) is 12.0. The first-order valence-electron chi connectivity index (χ1n) is 8.93. The molecule has 7 heteroatoms. The van der Waals surface area contributed by atoms with Gasteiger partial charge in [0.15, 0.2) is 0 Å². The molecule has 1 aromatic carbocycles. The zero-order chi connectivity index (χ0) is 17.9. The van der Waals surface area contributed by atoms with Gasteiger partial charge >= 0.3 is 0 Å². The van der Waals surface area contributed by atoms with Crippen LogP contribution >= 0.6 is 11.8 Å². The summed E-state index contributed by atoms with van der Waals surface area (Å²) < 4.78 is 26.9. The van der Waals surface area contributed by atoms with Crippen molar-refractivity contribution in [2.75, 3.05) is 31.9 Å². The van der Waals surface area contributed by atoms with Gasteiger partial charge in [0.1, 0.15) is 0 Å². The average Bonchev–Trinajstić information content (AvgIpc) is 3.14. The number of nitrogens with zero attached hydrogens (tertiary/aromatic N) is 2. The van der Waals surface area contributed by atoms with Gasteiger partial charge in [-0.3, -0.25) is 4.79 Å². The van der Waals surface area contributed by atoms with Crippen molar-refractivity contribution >= 4 is 27.7 Å². The average molecular weight is 383 g/mol. The zero-order valence-corrected chi connectivity index (χ0v) is 16.3. The molecule has 1 saturated heterocycles. The topological polar surface area (TPSA) is 57.7 Å². The summed E-state index contributed by atoms with van der Waals surface area (Å²) in [6, 6.07) is 6.93. The lowest BCUT2D eigenvalue weighted by Crippen LogP contribution is -2.51. The van der Waals surface area contributed by atoms with E-state index in [1.807, 2.05) is 24.0 Å². The second kappa shape index (κ2) is 8.10. The maximum atomic E-state index is 12.7. The van der Waals surface area contributed by atoms with Gasteiger partial charge in [0.05, 0.1) is 10.6 Å². The molecule has 25 heavy (non-hydrogen) atoms. The summed E-state index contributed by atoms with van der Waals surface area (Å²) in [7, 11) is -3.46. The molecule has 0 atom stereocenters. The Morgan fingerprint density at radius 3 is 2.28 bits per heavy atom. The van der Waals surface area contributed by atoms with Crippen molar-refractivity contribution in [3.63, 3.8) is 0 Å². The minimum Gasteiger partial charge on any atom is -0.339 e. The van der Waals surface area contributed by atoms with Crippen LogP contribution in [0.25, 0.3) is 0 Å². The molecule has 2 fully saturated rings. The lowest BCUT2D eigenvalue weighted by Gasteiger charge is -2.34. The largest absolute Gasteiger partial charge is 0.339 e. The highest BCUT2D eigenvalue weighted by atomic mass is 32.2. The van der Waals surface area contributed by atoms with Gasteiger partial charge < -0.3 is 4.90 Å². The second-order valence-corrected chi connectivity index (χ2v) is 10.0. The number of sulfonamides is 1. The highest BCUT2D eigenvalue weighted by molar-refractivity contribution is 8.00. The van der Waals surface area contributed by atoms with E-state index in [1.165, 1.54) is 30.0 Å². The van der Waals surface area contributed by atoms with E-state index in [0.29, 0.717) is 42.1 Å². The number of hydrogen-bond donors (Lipinski definition) is 0. The SMILES string of the molecule is Cc1ccc(S(=O)(=O)N2CCN(C(=O)CSC3CCCC3)CC2)cc1. The van der Waals surface area contributed by atoms with Crippen LogP contribution in [0.5, 0.6) is 0 Å². The number of hydrogen-bond acceptors (Lipinski definition) is 4. The number of piperazine rings is 1. The zero-order valence-electron chi connectivity index (χ0n) is 14.7. The maximum absolute atomic E-state index is 12.7. The Labute approximate surface area is 154 Å². The van der Waals surface area contributed by atoms with E-state index in [9.17, 15) is 13.2 Å². The fraction of sp³-hybridized carbons (Fsp3) is 0.611. The second-order valence-electron chi connectivity index (χ2n) is 6.82. The van der Waals surface area contributed by atoms with Crippen LogP contribution in [0.3, 0.4) is 0 Å². The van der Waals surface area contributed by atoms with Gasteiger partial charge in [-0.2, -0.15) is 4.31 Å². The first-order valence-corrected chi connectivity index (χ1v) is 11.4. The van der Waals surface area contributed by atoms with Crippen molar-refractivity contribution in [3.8, 4) is 0 Å². The summed E-state index contributed by atoms with van der Waals surface area (Å²) in [5.41, 5.74) is 1.04. The summed E-state index contributed by atoms with van der Waals surface area (Å²) in [5, 5.41) is 0.632. The van der Waals surface area contributed by atoms with Crippen molar-refractivity contribution in [2.45, 2.75) is 42.8 Å². The molecule has 5 nitrogen and oxygen atoms in total. The predicted octanol–water partition coefficient (Wildman–Crippen LogP) is 2.50. The number of aryl methyl sites for hydroxylation is 1. The Balaban J connectivity index is 1.52. The fourth-order valence-corrected chi connectivity index (χ4v) is 6.02. The molecular weight excluding hydrogens is 356 g/mol. The summed E-state index contributed by atoms with van der Waals surface area (Å²) in [6.45, 7) is 3.64. The minimum atomic E-state index is -3.46. The van der Waals surface area contributed by atoms with Crippen LogP contribution in [0, 0.1) is 6.92 Å². The monoisotopic (exact) mass is 382 g/mol. The fourth-order valence-electron chi connectivity index (χ4n) is 3.37. The number of rotatable bonds is 5. The van der Waals surface area contributed by atoms with Crippen LogP contribution in [0.2, 0.25) is 0 Å². The molecule has 2 aliphatic rings. The van der Waals surface area contributed by atoms with Crippen molar-refractivity contribution in [3.05, 3.63) is 29.8 Å². The molecule has 0 N–H and O–H groups in total. The van der Waals surface area contributed by atoms with Crippen molar-refractivity contribution in [1.29, 1.82) is 0 Å². The lowest BCUT2D eigenvalue weighted by atomic mass is 10.2. The quantitative estimate of drug-likeness (QED) is 0.785. The highest BCUT2D eigenvalue weighted by Crippen LogP contribution is 2.29. The third-order valence-electron chi connectivity index (χ3n) is 4.99. The Hall–Kier alpha value is -1.05. The third-order valence-corrected chi connectivity index (χ3v) is 8.26. The molecule has 1 aliphatic heterocycles. The number of benzene rings is 1. The van der Waals surface area contributed by atoms with Crippen LogP contribution in [-0.2, 0) is 14.8 Å². The molecule has 0 radical (unpaired) electrons. The Morgan fingerprint density at radius 2 is 1.68 bits per heavy atom. The Morgan fingerprint density at radius 1 is 1.08 bits per heavy atom. The van der Waals surface area contributed by atoms with Crippen LogP contribution in [0.15, 0.2) is 29.2 Å². The Bertz CT molecular complexity index is 690. The molecule has 1 aromatic rings. The van der Waals surface area contributed by atoms with E-state index >= 15 is 0 Å². The van der Waals surface area contributed by atoms with E-state index in [4.69, 9.17) is 0 Å². The molecule has 1 saturated carbocycles. The van der Waals surface area contributed by atoms with Crippen molar-refractivity contribution in [1.82, 2.24) is 9.21 Å². The lowest BCUT2D eigenvalue weighted by molar-refractivity contribution is -0.129. The van der Waals surface area contributed by atoms with Crippen molar-refractivity contribution in [2.24, 2.45) is 0 Å². The van der Waals surface area contributed by atoms with Gasteiger partial charge in [-0.05, 0) is 31.9 Å². The molecule has 0 spiro atoms. The van der Waals surface area contributed by atoms with Gasteiger partial charge in [0.2, 0.25) is 15.9 Å². The molecule has 1 amide bonds. The van der Waals surface area contributed by atoms with Crippen LogP contribution in [-0.4, -0.2) is 60.7 Å². The number of carbonyl (C=O) groups is 1. The summed E-state index contributed by atoms with van der Waals surface area (Å²) in [5.74, 6) is 0.666. The molecule has 3 rings (SSSR count). The summed E-state index contributed by atoms with van der Waals surface area (Å²) >= 11 is 1.77. The molecule has 0 aromatic heterocycles. The number of carbonyl (C=O) groups excluding carboxylic acids is 1. The highest BCUT2D eigenvalue weighted by Gasteiger charge is 2.30. The molecule has 1 aliphatic carbocycles.